The number of nitrogens with zero attached hydrogens (tertiary/aromatic N) is 1. The Labute approximate surface area is 80.5 Å². The van der Waals surface area contributed by atoms with Crippen LogP contribution in [-0.2, 0) is 14.4 Å². The average Bonchev–Trinajstić information content (AvgIpc) is 2.46. The Balaban J connectivity index is 2.42. The summed E-state index contributed by atoms with van der Waals surface area (Å²) < 4.78 is 0. The summed E-state index contributed by atoms with van der Waals surface area (Å²) in [4.78, 5) is 37.3. The first-order valence-corrected chi connectivity index (χ1v) is 4.07. The van der Waals surface area contributed by atoms with Crippen LogP contribution in [0.25, 0.3) is 0 Å². The van der Waals surface area contributed by atoms with Gasteiger partial charge in [-0.25, -0.2) is 4.79 Å². The van der Waals surface area contributed by atoms with Crippen molar-refractivity contribution < 1.29 is 19.2 Å². The zero-order valence-electron chi connectivity index (χ0n) is 7.49. The second-order valence-electron chi connectivity index (χ2n) is 2.63. The first kappa shape index (κ1) is 10.2. The Hall–Kier alpha value is -1.85. The SMILES string of the molecule is C=CCNC(=O)ON1C(=O)CCC1=O. The van der Waals surface area contributed by atoms with Crippen molar-refractivity contribution in [2.75, 3.05) is 6.54 Å². The minimum atomic E-state index is -0.839. The van der Waals surface area contributed by atoms with E-state index in [0.29, 0.717) is 5.06 Å². The molecule has 1 saturated heterocycles. The molecule has 1 aliphatic rings. The summed E-state index contributed by atoms with van der Waals surface area (Å²) in [6, 6.07) is 0. The highest BCUT2D eigenvalue weighted by molar-refractivity contribution is 6.01. The van der Waals surface area contributed by atoms with Crippen molar-refractivity contribution in [2.45, 2.75) is 12.8 Å². The third kappa shape index (κ3) is 2.32. The number of hydrogen-bond donors (Lipinski definition) is 1. The number of hydrogen-bond acceptors (Lipinski definition) is 4. The molecule has 0 unspecified atom stereocenters. The van der Waals surface area contributed by atoms with Crippen LogP contribution in [-0.4, -0.2) is 29.5 Å². The van der Waals surface area contributed by atoms with Gasteiger partial charge in [-0.2, -0.15) is 0 Å². The molecule has 0 aliphatic carbocycles. The van der Waals surface area contributed by atoms with Crippen molar-refractivity contribution in [3.05, 3.63) is 12.7 Å². The van der Waals surface area contributed by atoms with Crippen molar-refractivity contribution in [3.63, 3.8) is 0 Å². The fraction of sp³-hybridized carbons (Fsp3) is 0.375. The molecular weight excluding hydrogens is 188 g/mol. The van der Waals surface area contributed by atoms with Crippen molar-refractivity contribution in [3.8, 4) is 0 Å². The van der Waals surface area contributed by atoms with E-state index in [0.717, 1.165) is 0 Å². The molecule has 0 saturated carbocycles. The summed E-state index contributed by atoms with van der Waals surface area (Å²) >= 11 is 0. The van der Waals surface area contributed by atoms with Gasteiger partial charge in [-0.05, 0) is 0 Å². The van der Waals surface area contributed by atoms with E-state index >= 15 is 0 Å². The van der Waals surface area contributed by atoms with Crippen LogP contribution in [0.4, 0.5) is 4.79 Å². The highest BCUT2D eigenvalue weighted by Gasteiger charge is 2.32. The lowest BCUT2D eigenvalue weighted by Gasteiger charge is -2.12. The lowest BCUT2D eigenvalue weighted by molar-refractivity contribution is -0.171. The molecule has 76 valence electrons. The van der Waals surface area contributed by atoms with Gasteiger partial charge in [0, 0.05) is 19.4 Å². The van der Waals surface area contributed by atoms with Crippen LogP contribution in [0.15, 0.2) is 12.7 Å². The Bertz CT molecular complexity index is 271. The first-order chi connectivity index (χ1) is 6.65. The second kappa shape index (κ2) is 4.40. The maximum Gasteiger partial charge on any atom is 0.432 e. The van der Waals surface area contributed by atoms with Gasteiger partial charge in [0.25, 0.3) is 11.8 Å². The van der Waals surface area contributed by atoms with Crippen LogP contribution < -0.4 is 5.32 Å². The maximum absolute atomic E-state index is 11.0. The highest BCUT2D eigenvalue weighted by Crippen LogP contribution is 2.11. The van der Waals surface area contributed by atoms with E-state index in [1.807, 2.05) is 0 Å². The van der Waals surface area contributed by atoms with E-state index in [4.69, 9.17) is 0 Å². The molecule has 1 fully saturated rings. The molecule has 0 bridgehead atoms. The molecule has 3 amide bonds. The van der Waals surface area contributed by atoms with E-state index < -0.39 is 17.9 Å². The van der Waals surface area contributed by atoms with Crippen LogP contribution in [0.1, 0.15) is 12.8 Å². The van der Waals surface area contributed by atoms with Gasteiger partial charge < -0.3 is 10.2 Å². The number of imide groups is 1. The molecule has 1 aliphatic heterocycles. The van der Waals surface area contributed by atoms with E-state index in [1.165, 1.54) is 6.08 Å². The average molecular weight is 198 g/mol. The van der Waals surface area contributed by atoms with Crippen molar-refractivity contribution in [1.29, 1.82) is 0 Å². The number of carbonyl (C=O) groups excluding carboxylic acids is 3. The van der Waals surface area contributed by atoms with Crippen LogP contribution >= 0.6 is 0 Å². The molecule has 0 aromatic rings. The third-order valence-corrected chi connectivity index (χ3v) is 1.57. The molecule has 6 heteroatoms. The Morgan fingerprint density at radius 2 is 2.07 bits per heavy atom. The summed E-state index contributed by atoms with van der Waals surface area (Å²) in [5.74, 6) is -0.993. The molecule has 0 aromatic heterocycles. The van der Waals surface area contributed by atoms with E-state index in [-0.39, 0.29) is 19.4 Å². The van der Waals surface area contributed by atoms with Gasteiger partial charge in [-0.1, -0.05) is 6.08 Å². The molecule has 0 spiro atoms. The summed E-state index contributed by atoms with van der Waals surface area (Å²) in [5.41, 5.74) is 0. The number of nitrogens with one attached hydrogen (secondary N) is 1. The zero-order chi connectivity index (χ0) is 10.6. The van der Waals surface area contributed by atoms with Crippen LogP contribution in [0.5, 0.6) is 0 Å². The number of rotatable bonds is 3. The minimum absolute atomic E-state index is 0.0908. The molecule has 0 atom stereocenters. The molecule has 6 nitrogen and oxygen atoms in total. The standard InChI is InChI=1S/C8H10N2O4/c1-2-5-9-8(13)14-10-6(11)3-4-7(10)12/h2H,1,3-5H2,(H,9,13). The van der Waals surface area contributed by atoms with Crippen LogP contribution in [0.3, 0.4) is 0 Å². The molecule has 1 heterocycles. The smallest absolute Gasteiger partial charge is 0.316 e. The lowest BCUT2D eigenvalue weighted by Crippen LogP contribution is -2.36. The van der Waals surface area contributed by atoms with Gasteiger partial charge in [-0.15, -0.1) is 11.6 Å². The quantitative estimate of drug-likeness (QED) is 0.510. The highest BCUT2D eigenvalue weighted by atomic mass is 16.7. The van der Waals surface area contributed by atoms with Crippen molar-refractivity contribution >= 4 is 17.9 Å². The second-order valence-corrected chi connectivity index (χ2v) is 2.63. The Morgan fingerprint density at radius 3 is 2.57 bits per heavy atom. The fourth-order valence-electron chi connectivity index (χ4n) is 0.929. The van der Waals surface area contributed by atoms with E-state index in [9.17, 15) is 14.4 Å². The number of hydroxylamine groups is 2. The van der Waals surface area contributed by atoms with Crippen molar-refractivity contribution in [2.24, 2.45) is 0 Å². The minimum Gasteiger partial charge on any atom is -0.316 e. The van der Waals surface area contributed by atoms with Crippen LogP contribution in [0, 0.1) is 0 Å². The van der Waals surface area contributed by atoms with E-state index in [2.05, 4.69) is 16.7 Å². The summed E-state index contributed by atoms with van der Waals surface area (Å²) in [6.07, 6.45) is 0.796. The van der Waals surface area contributed by atoms with Crippen molar-refractivity contribution in [1.82, 2.24) is 10.4 Å². The van der Waals surface area contributed by atoms with Gasteiger partial charge >= 0.3 is 6.09 Å². The number of amides is 3. The topological polar surface area (TPSA) is 75.7 Å². The van der Waals surface area contributed by atoms with E-state index in [1.54, 1.807) is 0 Å². The molecule has 0 radical (unpaired) electrons. The zero-order valence-corrected chi connectivity index (χ0v) is 7.49. The predicted molar refractivity (Wildman–Crippen MR) is 45.8 cm³/mol. The summed E-state index contributed by atoms with van der Waals surface area (Å²) in [5, 5.41) is 2.76. The number of carbonyl (C=O) groups is 3. The molecule has 14 heavy (non-hydrogen) atoms. The van der Waals surface area contributed by atoms with Crippen LogP contribution in [0.2, 0.25) is 0 Å². The normalized spacial score (nSPS) is 15.6. The Morgan fingerprint density at radius 1 is 1.50 bits per heavy atom. The Kier molecular flexibility index (Phi) is 3.22. The summed E-state index contributed by atoms with van der Waals surface area (Å²) in [7, 11) is 0. The molecular formula is C8H10N2O4. The van der Waals surface area contributed by atoms with Gasteiger partial charge in [0.2, 0.25) is 0 Å². The molecule has 1 rings (SSSR count). The monoisotopic (exact) mass is 198 g/mol. The molecule has 1 N–H and O–H groups in total. The third-order valence-electron chi connectivity index (χ3n) is 1.57. The van der Waals surface area contributed by atoms with Gasteiger partial charge in [0.05, 0.1) is 0 Å². The fourth-order valence-corrected chi connectivity index (χ4v) is 0.929. The largest absolute Gasteiger partial charge is 0.432 e. The van der Waals surface area contributed by atoms with Gasteiger partial charge in [-0.3, -0.25) is 9.59 Å². The lowest BCUT2D eigenvalue weighted by atomic mass is 10.4. The molecule has 0 aromatic carbocycles. The maximum atomic E-state index is 11.0. The summed E-state index contributed by atoms with van der Waals surface area (Å²) in [6.45, 7) is 3.59. The van der Waals surface area contributed by atoms with Gasteiger partial charge in [0.15, 0.2) is 0 Å². The van der Waals surface area contributed by atoms with Gasteiger partial charge in [0.1, 0.15) is 0 Å². The predicted octanol–water partition coefficient (Wildman–Crippen LogP) is -0.0374. The first-order valence-electron chi connectivity index (χ1n) is 4.07.